The lowest BCUT2D eigenvalue weighted by molar-refractivity contribution is -0.167. The van der Waals surface area contributed by atoms with Gasteiger partial charge in [0, 0.05) is 19.3 Å². The minimum atomic E-state index is -0.807. The van der Waals surface area contributed by atoms with E-state index in [1.54, 1.807) is 0 Å². The molecular weight excluding hydrogens is 961 g/mol. The second-order valence-corrected chi connectivity index (χ2v) is 21.3. The molecule has 0 aromatic rings. The summed E-state index contributed by atoms with van der Waals surface area (Å²) in [5.74, 6) is -0.963. The zero-order chi connectivity index (χ0) is 56.4. The molecule has 0 rings (SSSR count). The van der Waals surface area contributed by atoms with Crippen LogP contribution in [0.2, 0.25) is 0 Å². The normalized spacial score (nSPS) is 12.9. The number of carbonyl (C=O) groups excluding carboxylic acids is 3. The van der Waals surface area contributed by atoms with Gasteiger partial charge in [0.25, 0.3) is 0 Å². The summed E-state index contributed by atoms with van der Waals surface area (Å²) >= 11 is 0. The van der Waals surface area contributed by atoms with Crippen molar-refractivity contribution >= 4 is 17.9 Å². The van der Waals surface area contributed by atoms with Crippen molar-refractivity contribution in [3.63, 3.8) is 0 Å². The fourth-order valence-corrected chi connectivity index (χ4v) is 8.85. The minimum absolute atomic E-state index is 0.0999. The Morgan fingerprint density at radius 2 is 0.513 bits per heavy atom. The first kappa shape index (κ1) is 73.8. The molecule has 6 heteroatoms. The van der Waals surface area contributed by atoms with E-state index in [-0.39, 0.29) is 37.5 Å². The van der Waals surface area contributed by atoms with Crippen LogP contribution in [0.25, 0.3) is 0 Å². The van der Waals surface area contributed by atoms with Gasteiger partial charge in [-0.1, -0.05) is 290 Å². The lowest BCUT2D eigenvalue weighted by Crippen LogP contribution is -2.30. The predicted octanol–water partition coefficient (Wildman–Crippen LogP) is 22.4. The van der Waals surface area contributed by atoms with Crippen LogP contribution in [0.4, 0.5) is 0 Å². The van der Waals surface area contributed by atoms with Crippen molar-refractivity contribution in [3.8, 4) is 0 Å². The van der Waals surface area contributed by atoms with Crippen LogP contribution in [-0.4, -0.2) is 37.2 Å². The summed E-state index contributed by atoms with van der Waals surface area (Å²) in [6.45, 7) is 6.48. The van der Waals surface area contributed by atoms with Crippen LogP contribution in [0.3, 0.4) is 0 Å². The molecule has 0 radical (unpaired) electrons. The highest BCUT2D eigenvalue weighted by atomic mass is 16.6. The average molecular weight is 1080 g/mol. The summed E-state index contributed by atoms with van der Waals surface area (Å²) in [5, 5.41) is 0. The Labute approximate surface area is 482 Å². The Balaban J connectivity index is 4.42. The van der Waals surface area contributed by atoms with Gasteiger partial charge in [-0.2, -0.15) is 0 Å². The van der Waals surface area contributed by atoms with Crippen molar-refractivity contribution in [3.05, 3.63) is 122 Å². The van der Waals surface area contributed by atoms with Crippen molar-refractivity contribution in [1.29, 1.82) is 0 Å². The van der Waals surface area contributed by atoms with Crippen LogP contribution in [0.5, 0.6) is 0 Å². The number of hydrogen-bond donors (Lipinski definition) is 0. The molecule has 0 aliphatic carbocycles. The summed E-state index contributed by atoms with van der Waals surface area (Å²) in [7, 11) is 0. The third-order valence-corrected chi connectivity index (χ3v) is 13.7. The number of unbranched alkanes of at least 4 members (excludes halogenated alkanes) is 27. The van der Waals surface area contributed by atoms with Gasteiger partial charge in [0.15, 0.2) is 6.10 Å². The molecule has 78 heavy (non-hydrogen) atoms. The highest BCUT2D eigenvalue weighted by Gasteiger charge is 2.19. The quantitative estimate of drug-likeness (QED) is 0.0261. The molecule has 0 amide bonds. The molecule has 0 spiro atoms. The van der Waals surface area contributed by atoms with E-state index in [4.69, 9.17) is 14.2 Å². The molecule has 444 valence electrons. The van der Waals surface area contributed by atoms with E-state index < -0.39 is 6.10 Å². The summed E-state index contributed by atoms with van der Waals surface area (Å²) < 4.78 is 16.9. The number of ether oxygens (including phenoxy) is 3. The molecule has 1 atom stereocenters. The smallest absolute Gasteiger partial charge is 0.306 e. The Hall–Kier alpha value is -4.19. The fourth-order valence-electron chi connectivity index (χ4n) is 8.85. The molecule has 0 aliphatic rings. The standard InChI is InChI=1S/C72H120O6/c1-4-7-10-13-16-19-22-25-27-29-31-32-33-34-35-36-37-38-39-40-41-43-44-47-50-53-56-59-62-65-71(74)77-68-69(67-76-70(73)64-61-58-55-52-49-46-24-21-18-15-12-9-6-3)78-72(75)66-63-60-57-54-51-48-45-42-30-28-26-23-20-17-14-11-8-5-2/h7,10,16,19,21,24-25,27,31-32,34-35,37-38,40-41,44,47,53,56,69H,4-6,8-9,11-15,17-18,20,22-23,26,28-30,33,36,39,42-43,45-46,48-52,54-55,57-68H2,1-3H3/b10-7-,19-16-,24-21-,27-25-,32-31-,35-34-,38-37-,41-40-,47-44-,56-53-. The summed E-state index contributed by atoms with van der Waals surface area (Å²) in [6, 6.07) is 0. The Morgan fingerprint density at radius 3 is 0.859 bits per heavy atom. The lowest BCUT2D eigenvalue weighted by atomic mass is 10.0. The van der Waals surface area contributed by atoms with E-state index in [9.17, 15) is 14.4 Å². The maximum absolute atomic E-state index is 12.9. The van der Waals surface area contributed by atoms with Crippen molar-refractivity contribution in [2.75, 3.05) is 13.2 Å². The van der Waals surface area contributed by atoms with Crippen LogP contribution in [0.1, 0.15) is 297 Å². The SMILES string of the molecule is CC/C=C\C/C=C\C/C=C\C/C=C\C/C=C\C/C=C\C/C=C\C/C=C\C/C=C\CCCC(=O)OCC(COC(=O)CCCCCCC/C=C\CCCCCC)OC(=O)CCCCCCCCCCCCCCCCCCCC. The molecule has 0 bridgehead atoms. The van der Waals surface area contributed by atoms with E-state index in [0.29, 0.717) is 19.3 Å². The molecule has 0 aromatic heterocycles. The first-order valence-corrected chi connectivity index (χ1v) is 32.5. The van der Waals surface area contributed by atoms with Crippen LogP contribution in [0.15, 0.2) is 122 Å². The zero-order valence-electron chi connectivity index (χ0n) is 50.9. The van der Waals surface area contributed by atoms with Crippen molar-refractivity contribution in [2.45, 2.75) is 303 Å². The molecule has 0 aromatic carbocycles. The summed E-state index contributed by atoms with van der Waals surface area (Å²) in [4.78, 5) is 38.3. The van der Waals surface area contributed by atoms with Gasteiger partial charge in [0.05, 0.1) is 0 Å². The number of esters is 3. The minimum Gasteiger partial charge on any atom is -0.462 e. The van der Waals surface area contributed by atoms with E-state index in [1.807, 2.05) is 0 Å². The number of rotatable bonds is 58. The molecule has 0 N–H and O–H groups in total. The first-order chi connectivity index (χ1) is 38.5. The van der Waals surface area contributed by atoms with E-state index in [1.165, 1.54) is 135 Å². The Kier molecular flexibility index (Phi) is 61.8. The second-order valence-electron chi connectivity index (χ2n) is 21.3. The fraction of sp³-hybridized carbons (Fsp3) is 0.681. The first-order valence-electron chi connectivity index (χ1n) is 32.5. The topological polar surface area (TPSA) is 78.9 Å². The average Bonchev–Trinajstić information content (AvgIpc) is 3.44. The molecule has 0 heterocycles. The lowest BCUT2D eigenvalue weighted by Gasteiger charge is -2.18. The van der Waals surface area contributed by atoms with E-state index in [0.717, 1.165) is 116 Å². The molecule has 0 saturated carbocycles. The zero-order valence-corrected chi connectivity index (χ0v) is 50.9. The van der Waals surface area contributed by atoms with Gasteiger partial charge in [-0.05, 0) is 109 Å². The molecule has 0 saturated heterocycles. The van der Waals surface area contributed by atoms with Crippen LogP contribution < -0.4 is 0 Å². The molecule has 0 fully saturated rings. The van der Waals surface area contributed by atoms with Gasteiger partial charge < -0.3 is 14.2 Å². The number of allylic oxidation sites excluding steroid dienone is 20. The highest BCUT2D eigenvalue weighted by Crippen LogP contribution is 2.16. The van der Waals surface area contributed by atoms with Crippen LogP contribution in [-0.2, 0) is 28.6 Å². The van der Waals surface area contributed by atoms with Gasteiger partial charge in [-0.15, -0.1) is 0 Å². The number of hydrogen-bond acceptors (Lipinski definition) is 6. The van der Waals surface area contributed by atoms with Crippen molar-refractivity contribution in [1.82, 2.24) is 0 Å². The van der Waals surface area contributed by atoms with Crippen molar-refractivity contribution < 1.29 is 28.6 Å². The third kappa shape index (κ3) is 62.7. The van der Waals surface area contributed by atoms with E-state index in [2.05, 4.69) is 142 Å². The van der Waals surface area contributed by atoms with Crippen molar-refractivity contribution in [2.24, 2.45) is 0 Å². The highest BCUT2D eigenvalue weighted by molar-refractivity contribution is 5.71. The van der Waals surface area contributed by atoms with Gasteiger partial charge in [0.2, 0.25) is 0 Å². The number of carbonyl (C=O) groups is 3. The van der Waals surface area contributed by atoms with Gasteiger partial charge in [-0.25, -0.2) is 0 Å². The molecule has 6 nitrogen and oxygen atoms in total. The Bertz CT molecular complexity index is 1620. The molecule has 0 aliphatic heterocycles. The third-order valence-electron chi connectivity index (χ3n) is 13.7. The second kappa shape index (κ2) is 65.3. The predicted molar refractivity (Wildman–Crippen MR) is 339 cm³/mol. The van der Waals surface area contributed by atoms with Crippen LogP contribution >= 0.6 is 0 Å². The summed E-state index contributed by atoms with van der Waals surface area (Å²) in [6.07, 6.45) is 90.7. The van der Waals surface area contributed by atoms with Crippen LogP contribution in [0, 0.1) is 0 Å². The largest absolute Gasteiger partial charge is 0.462 e. The Morgan fingerprint density at radius 1 is 0.269 bits per heavy atom. The van der Waals surface area contributed by atoms with E-state index >= 15 is 0 Å². The molecule has 1 unspecified atom stereocenters. The van der Waals surface area contributed by atoms with Gasteiger partial charge >= 0.3 is 17.9 Å². The maximum atomic E-state index is 12.9. The molecular formula is C72H120O6. The van der Waals surface area contributed by atoms with Gasteiger partial charge in [-0.3, -0.25) is 14.4 Å². The maximum Gasteiger partial charge on any atom is 0.306 e. The summed E-state index contributed by atoms with van der Waals surface area (Å²) in [5.41, 5.74) is 0. The monoisotopic (exact) mass is 1080 g/mol. The van der Waals surface area contributed by atoms with Gasteiger partial charge in [0.1, 0.15) is 13.2 Å².